The second-order valence-corrected chi connectivity index (χ2v) is 4.25. The summed E-state index contributed by atoms with van der Waals surface area (Å²) >= 11 is 0. The zero-order valence-electron chi connectivity index (χ0n) is 11.5. The number of nitrogens with one attached hydrogen (secondary N) is 2. The zero-order valence-corrected chi connectivity index (χ0v) is 11.5. The van der Waals surface area contributed by atoms with Crippen molar-refractivity contribution >= 4 is 17.4 Å². The number of anilines is 1. The Morgan fingerprint density at radius 1 is 1.37 bits per heavy atom. The molecule has 0 aliphatic heterocycles. The van der Waals surface area contributed by atoms with E-state index in [4.69, 9.17) is 0 Å². The molecule has 2 aromatic rings. The van der Waals surface area contributed by atoms with Crippen LogP contribution in [0.25, 0.3) is 5.52 Å². The average molecular weight is 261 g/mol. The lowest BCUT2D eigenvalue weighted by molar-refractivity contribution is 0.251. The second kappa shape index (κ2) is 5.69. The van der Waals surface area contributed by atoms with Crippen LogP contribution in [-0.4, -0.2) is 26.7 Å². The highest BCUT2D eigenvalue weighted by molar-refractivity contribution is 5.92. The molecule has 102 valence electrons. The van der Waals surface area contributed by atoms with Crippen LogP contribution in [0.3, 0.4) is 0 Å². The molecule has 1 aliphatic carbocycles. The van der Waals surface area contributed by atoms with Crippen LogP contribution in [0, 0.1) is 6.92 Å². The quantitative estimate of drug-likeness (QED) is 0.871. The van der Waals surface area contributed by atoms with Gasteiger partial charge in [-0.2, -0.15) is 5.10 Å². The summed E-state index contributed by atoms with van der Waals surface area (Å²) in [5.41, 5.74) is 1.81. The van der Waals surface area contributed by atoms with E-state index < -0.39 is 0 Å². The summed E-state index contributed by atoms with van der Waals surface area (Å²) < 4.78 is 1.75. The SMILES string of the molecule is CC.Cc1ccc2c(NC(=O)NC3CC3)ncnn12. The van der Waals surface area contributed by atoms with Gasteiger partial charge in [0.05, 0.1) is 0 Å². The van der Waals surface area contributed by atoms with Gasteiger partial charge in [0.1, 0.15) is 11.8 Å². The van der Waals surface area contributed by atoms with Gasteiger partial charge in [0.25, 0.3) is 0 Å². The first-order valence-electron chi connectivity index (χ1n) is 6.61. The fraction of sp³-hybridized carbons (Fsp3) is 0.462. The van der Waals surface area contributed by atoms with Crippen molar-refractivity contribution in [3.63, 3.8) is 0 Å². The highest BCUT2D eigenvalue weighted by atomic mass is 16.2. The highest BCUT2D eigenvalue weighted by Crippen LogP contribution is 2.19. The number of aryl methyl sites for hydroxylation is 1. The Kier molecular flexibility index (Phi) is 3.99. The summed E-state index contributed by atoms with van der Waals surface area (Å²) in [7, 11) is 0. The number of hydrogen-bond donors (Lipinski definition) is 2. The molecular formula is C13H19N5O. The van der Waals surface area contributed by atoms with E-state index in [1.54, 1.807) is 4.52 Å². The molecule has 3 rings (SSSR count). The molecule has 0 radical (unpaired) electrons. The van der Waals surface area contributed by atoms with Crippen LogP contribution in [0.15, 0.2) is 18.5 Å². The molecule has 19 heavy (non-hydrogen) atoms. The molecule has 0 saturated heterocycles. The first kappa shape index (κ1) is 13.3. The first-order chi connectivity index (χ1) is 9.24. The second-order valence-electron chi connectivity index (χ2n) is 4.25. The number of hydrogen-bond acceptors (Lipinski definition) is 3. The Bertz CT molecular complexity index is 573. The number of amides is 2. The van der Waals surface area contributed by atoms with E-state index in [-0.39, 0.29) is 6.03 Å². The van der Waals surface area contributed by atoms with Crippen molar-refractivity contribution in [2.75, 3.05) is 5.32 Å². The third kappa shape index (κ3) is 3.01. The minimum Gasteiger partial charge on any atom is -0.335 e. The zero-order chi connectivity index (χ0) is 13.8. The van der Waals surface area contributed by atoms with Crippen molar-refractivity contribution in [1.29, 1.82) is 0 Å². The van der Waals surface area contributed by atoms with Gasteiger partial charge in [0.2, 0.25) is 0 Å². The van der Waals surface area contributed by atoms with Gasteiger partial charge in [-0.3, -0.25) is 5.32 Å². The molecule has 0 atom stereocenters. The van der Waals surface area contributed by atoms with Crippen LogP contribution in [-0.2, 0) is 0 Å². The summed E-state index contributed by atoms with van der Waals surface area (Å²) in [4.78, 5) is 15.7. The van der Waals surface area contributed by atoms with Crippen LogP contribution >= 0.6 is 0 Å². The van der Waals surface area contributed by atoms with Crippen molar-refractivity contribution in [3.8, 4) is 0 Å². The van der Waals surface area contributed by atoms with Crippen LogP contribution in [0.2, 0.25) is 0 Å². The summed E-state index contributed by atoms with van der Waals surface area (Å²) in [6.07, 6.45) is 3.57. The third-order valence-corrected chi connectivity index (χ3v) is 2.79. The molecule has 1 saturated carbocycles. The summed E-state index contributed by atoms with van der Waals surface area (Å²) in [5.74, 6) is 0.534. The number of urea groups is 1. The molecule has 2 aromatic heterocycles. The molecule has 2 heterocycles. The lowest BCUT2D eigenvalue weighted by atomic mass is 10.4. The molecule has 0 bridgehead atoms. The molecular weight excluding hydrogens is 242 g/mol. The summed E-state index contributed by atoms with van der Waals surface area (Å²) in [6, 6.07) is 3.96. The molecule has 6 nitrogen and oxygen atoms in total. The number of fused-ring (bicyclic) bond motifs is 1. The summed E-state index contributed by atoms with van der Waals surface area (Å²) in [6.45, 7) is 5.95. The van der Waals surface area contributed by atoms with E-state index in [0.29, 0.717) is 11.9 Å². The Morgan fingerprint density at radius 2 is 2.11 bits per heavy atom. The minimum atomic E-state index is -0.202. The van der Waals surface area contributed by atoms with Crippen molar-refractivity contribution in [1.82, 2.24) is 19.9 Å². The number of aromatic nitrogens is 3. The van der Waals surface area contributed by atoms with Crippen molar-refractivity contribution in [2.24, 2.45) is 0 Å². The van der Waals surface area contributed by atoms with Crippen LogP contribution in [0.4, 0.5) is 10.6 Å². The van der Waals surface area contributed by atoms with Gasteiger partial charge in [0.15, 0.2) is 5.82 Å². The number of rotatable bonds is 2. The van der Waals surface area contributed by atoms with Gasteiger partial charge in [-0.15, -0.1) is 0 Å². The Balaban J connectivity index is 0.000000637. The molecule has 1 fully saturated rings. The van der Waals surface area contributed by atoms with Crippen molar-refractivity contribution < 1.29 is 4.79 Å². The van der Waals surface area contributed by atoms with Gasteiger partial charge in [0, 0.05) is 11.7 Å². The molecule has 2 amide bonds. The molecule has 0 unspecified atom stereocenters. The molecule has 0 aromatic carbocycles. The number of carbonyl (C=O) groups is 1. The van der Waals surface area contributed by atoms with E-state index in [9.17, 15) is 4.79 Å². The van der Waals surface area contributed by atoms with Crippen molar-refractivity contribution in [3.05, 3.63) is 24.2 Å². The monoisotopic (exact) mass is 261 g/mol. The molecule has 2 N–H and O–H groups in total. The topological polar surface area (TPSA) is 71.3 Å². The Labute approximate surface area is 112 Å². The van der Waals surface area contributed by atoms with Gasteiger partial charge in [-0.05, 0) is 31.9 Å². The third-order valence-electron chi connectivity index (χ3n) is 2.79. The van der Waals surface area contributed by atoms with Gasteiger partial charge < -0.3 is 5.32 Å². The highest BCUT2D eigenvalue weighted by Gasteiger charge is 2.23. The molecule has 1 aliphatic rings. The van der Waals surface area contributed by atoms with E-state index in [1.807, 2.05) is 32.9 Å². The normalized spacial score (nSPS) is 13.6. The lowest BCUT2D eigenvalue weighted by Crippen LogP contribution is -2.30. The van der Waals surface area contributed by atoms with E-state index in [2.05, 4.69) is 20.7 Å². The molecule has 6 heteroatoms. The predicted molar refractivity (Wildman–Crippen MR) is 74.2 cm³/mol. The maximum atomic E-state index is 11.6. The summed E-state index contributed by atoms with van der Waals surface area (Å²) in [5, 5.41) is 9.72. The fourth-order valence-electron chi connectivity index (χ4n) is 1.72. The molecule has 0 spiro atoms. The Hall–Kier alpha value is -2.11. The van der Waals surface area contributed by atoms with Gasteiger partial charge in [-0.25, -0.2) is 14.3 Å². The smallest absolute Gasteiger partial charge is 0.320 e. The lowest BCUT2D eigenvalue weighted by Gasteiger charge is -2.07. The van der Waals surface area contributed by atoms with Gasteiger partial charge in [-0.1, -0.05) is 13.8 Å². The predicted octanol–water partition coefficient (Wildman–Crippen LogP) is 2.35. The van der Waals surface area contributed by atoms with Crippen LogP contribution in [0.1, 0.15) is 32.4 Å². The minimum absolute atomic E-state index is 0.202. The first-order valence-corrected chi connectivity index (χ1v) is 6.61. The van der Waals surface area contributed by atoms with Crippen LogP contribution < -0.4 is 10.6 Å². The van der Waals surface area contributed by atoms with Crippen LogP contribution in [0.5, 0.6) is 0 Å². The largest absolute Gasteiger partial charge is 0.335 e. The van der Waals surface area contributed by atoms with Crippen molar-refractivity contribution in [2.45, 2.75) is 39.7 Å². The maximum absolute atomic E-state index is 11.6. The van der Waals surface area contributed by atoms with E-state index in [0.717, 1.165) is 24.1 Å². The Morgan fingerprint density at radius 3 is 2.79 bits per heavy atom. The van der Waals surface area contributed by atoms with E-state index >= 15 is 0 Å². The van der Waals surface area contributed by atoms with Gasteiger partial charge >= 0.3 is 6.03 Å². The number of nitrogens with zero attached hydrogens (tertiary/aromatic N) is 3. The number of carbonyl (C=O) groups excluding carboxylic acids is 1. The van der Waals surface area contributed by atoms with E-state index in [1.165, 1.54) is 6.33 Å². The standard InChI is InChI=1S/C11H13N5O.C2H6/c1-7-2-5-9-10(12-6-13-16(7)9)15-11(17)14-8-3-4-8;1-2/h2,5-6,8H,3-4H2,1H3,(H2,12,13,14,15,17);1-2H3. The fourth-order valence-corrected chi connectivity index (χ4v) is 1.72. The maximum Gasteiger partial charge on any atom is 0.320 e. The average Bonchev–Trinajstić information content (AvgIpc) is 3.15.